The Morgan fingerprint density at radius 2 is 1.52 bits per heavy atom. The van der Waals surface area contributed by atoms with Gasteiger partial charge in [0.05, 0.1) is 13.1 Å². The van der Waals surface area contributed by atoms with E-state index in [9.17, 15) is 24.3 Å². The SMILES string of the molecule is CC(C)(C)OC(=O)NCCCC[C@@H](C(=O)O)N(CC(=O)O)CC(=O)O. The molecule has 0 aromatic rings. The molecule has 0 saturated heterocycles. The van der Waals surface area contributed by atoms with E-state index in [2.05, 4.69) is 5.32 Å². The van der Waals surface area contributed by atoms with E-state index in [0.717, 1.165) is 4.90 Å². The van der Waals surface area contributed by atoms with E-state index in [1.54, 1.807) is 20.8 Å². The van der Waals surface area contributed by atoms with Crippen molar-refractivity contribution in [2.45, 2.75) is 51.7 Å². The monoisotopic (exact) mass is 362 g/mol. The summed E-state index contributed by atoms with van der Waals surface area (Å²) in [6, 6.07) is -1.23. The van der Waals surface area contributed by atoms with Crippen molar-refractivity contribution >= 4 is 24.0 Å². The molecule has 1 atom stereocenters. The molecule has 0 bridgehead atoms. The van der Waals surface area contributed by atoms with Gasteiger partial charge in [-0.2, -0.15) is 0 Å². The zero-order valence-electron chi connectivity index (χ0n) is 14.7. The Balaban J connectivity index is 4.43. The van der Waals surface area contributed by atoms with Crippen LogP contribution in [0, 0.1) is 0 Å². The molecule has 0 fully saturated rings. The summed E-state index contributed by atoms with van der Waals surface area (Å²) in [5.74, 6) is -3.90. The summed E-state index contributed by atoms with van der Waals surface area (Å²) < 4.78 is 5.05. The number of nitrogens with one attached hydrogen (secondary N) is 1. The van der Waals surface area contributed by atoms with Gasteiger partial charge in [0, 0.05) is 6.54 Å². The third kappa shape index (κ3) is 11.8. The molecule has 10 nitrogen and oxygen atoms in total. The van der Waals surface area contributed by atoms with Crippen LogP contribution in [-0.4, -0.2) is 75.5 Å². The minimum absolute atomic E-state index is 0.0614. The van der Waals surface area contributed by atoms with Gasteiger partial charge in [-0.05, 0) is 40.0 Å². The Bertz CT molecular complexity index is 470. The Morgan fingerprint density at radius 3 is 1.92 bits per heavy atom. The van der Waals surface area contributed by atoms with Crippen LogP contribution in [0.1, 0.15) is 40.0 Å². The van der Waals surface area contributed by atoms with Gasteiger partial charge in [-0.1, -0.05) is 0 Å². The molecule has 0 spiro atoms. The van der Waals surface area contributed by atoms with Gasteiger partial charge >= 0.3 is 24.0 Å². The molecule has 0 aromatic heterocycles. The van der Waals surface area contributed by atoms with Crippen LogP contribution in [-0.2, 0) is 19.1 Å². The van der Waals surface area contributed by atoms with Gasteiger partial charge in [0.2, 0.25) is 0 Å². The zero-order chi connectivity index (χ0) is 19.6. The summed E-state index contributed by atoms with van der Waals surface area (Å²) in [6.07, 6.45) is 0.284. The Labute approximate surface area is 145 Å². The minimum atomic E-state index is -1.31. The first-order valence-corrected chi connectivity index (χ1v) is 7.79. The third-order valence-electron chi connectivity index (χ3n) is 2.98. The van der Waals surface area contributed by atoms with E-state index >= 15 is 0 Å². The summed E-state index contributed by atoms with van der Waals surface area (Å²) in [7, 11) is 0. The van der Waals surface area contributed by atoms with Gasteiger partial charge in [-0.15, -0.1) is 0 Å². The van der Waals surface area contributed by atoms with Crippen molar-refractivity contribution in [2.75, 3.05) is 19.6 Å². The lowest BCUT2D eigenvalue weighted by molar-refractivity contribution is -0.149. The second-order valence-electron chi connectivity index (χ2n) is 6.47. The number of rotatable bonds is 11. The second-order valence-corrected chi connectivity index (χ2v) is 6.47. The lowest BCUT2D eigenvalue weighted by Gasteiger charge is -2.25. The van der Waals surface area contributed by atoms with Crippen LogP contribution < -0.4 is 5.32 Å². The standard InChI is InChI=1S/C15H26N2O8/c1-15(2,3)25-14(24)16-7-5-4-6-10(13(22)23)17(8-11(18)19)9-12(20)21/h10H,4-9H2,1-3H3,(H,16,24)(H,18,19)(H,20,21)(H,22,23)/t10-/m0/s1. The first-order chi connectivity index (χ1) is 11.4. The number of aliphatic carboxylic acids is 3. The van der Waals surface area contributed by atoms with Gasteiger partial charge in [0.15, 0.2) is 0 Å². The summed E-state index contributed by atoms with van der Waals surface area (Å²) in [4.78, 5) is 45.2. The number of unbranched alkanes of at least 4 members (excludes halogenated alkanes) is 1. The Morgan fingerprint density at radius 1 is 1.00 bits per heavy atom. The summed E-state index contributed by atoms with van der Waals surface area (Å²) in [5.41, 5.74) is -0.618. The number of amides is 1. The fraction of sp³-hybridized carbons (Fsp3) is 0.733. The van der Waals surface area contributed by atoms with E-state index in [1.807, 2.05) is 0 Å². The number of carboxylic acid groups (broad SMARTS) is 3. The van der Waals surface area contributed by atoms with Crippen LogP contribution >= 0.6 is 0 Å². The van der Waals surface area contributed by atoms with Gasteiger partial charge < -0.3 is 25.4 Å². The maximum absolute atomic E-state index is 11.4. The predicted molar refractivity (Wildman–Crippen MR) is 86.4 cm³/mol. The molecule has 0 aliphatic rings. The number of hydrogen-bond donors (Lipinski definition) is 4. The molecule has 144 valence electrons. The number of carboxylic acids is 3. The van der Waals surface area contributed by atoms with Gasteiger partial charge in [0.25, 0.3) is 0 Å². The zero-order valence-corrected chi connectivity index (χ0v) is 14.7. The third-order valence-corrected chi connectivity index (χ3v) is 2.98. The summed E-state index contributed by atoms with van der Waals surface area (Å²) in [5, 5.41) is 29.4. The van der Waals surface area contributed by atoms with Gasteiger partial charge in [-0.3, -0.25) is 19.3 Å². The Hall–Kier alpha value is -2.36. The molecule has 0 saturated carbocycles. The molecule has 0 heterocycles. The lowest BCUT2D eigenvalue weighted by atomic mass is 10.1. The van der Waals surface area contributed by atoms with Crippen molar-refractivity contribution in [2.24, 2.45) is 0 Å². The quantitative estimate of drug-likeness (QED) is 0.387. The van der Waals surface area contributed by atoms with E-state index in [4.69, 9.17) is 14.9 Å². The van der Waals surface area contributed by atoms with Crippen LogP contribution in [0.4, 0.5) is 4.79 Å². The molecule has 25 heavy (non-hydrogen) atoms. The fourth-order valence-corrected chi connectivity index (χ4v) is 2.05. The van der Waals surface area contributed by atoms with E-state index in [0.29, 0.717) is 12.8 Å². The summed E-state index contributed by atoms with van der Waals surface area (Å²) in [6.45, 7) is 4.08. The molecular formula is C15H26N2O8. The maximum atomic E-state index is 11.4. The number of hydrogen-bond acceptors (Lipinski definition) is 6. The number of carbonyl (C=O) groups excluding carboxylic acids is 1. The van der Waals surface area contributed by atoms with Crippen LogP contribution in [0.5, 0.6) is 0 Å². The molecule has 0 aliphatic heterocycles. The molecule has 4 N–H and O–H groups in total. The van der Waals surface area contributed by atoms with Crippen LogP contribution in [0.3, 0.4) is 0 Å². The molecule has 0 aromatic carbocycles. The predicted octanol–water partition coefficient (Wildman–Crippen LogP) is 0.606. The normalized spacial score (nSPS) is 12.5. The van der Waals surface area contributed by atoms with E-state index in [1.165, 1.54) is 0 Å². The highest BCUT2D eigenvalue weighted by Crippen LogP contribution is 2.10. The fourth-order valence-electron chi connectivity index (χ4n) is 2.05. The summed E-state index contributed by atoms with van der Waals surface area (Å²) >= 11 is 0. The molecule has 1 amide bonds. The average molecular weight is 362 g/mol. The first kappa shape index (κ1) is 22.6. The molecular weight excluding hydrogens is 336 g/mol. The minimum Gasteiger partial charge on any atom is -0.480 e. The van der Waals surface area contributed by atoms with Crippen molar-refractivity contribution in [1.82, 2.24) is 10.2 Å². The van der Waals surface area contributed by atoms with Crippen molar-refractivity contribution in [1.29, 1.82) is 0 Å². The van der Waals surface area contributed by atoms with Gasteiger partial charge in [-0.25, -0.2) is 4.79 Å². The number of alkyl carbamates (subject to hydrolysis) is 1. The average Bonchev–Trinajstić information content (AvgIpc) is 2.38. The molecule has 0 radical (unpaired) electrons. The highest BCUT2D eigenvalue weighted by molar-refractivity contribution is 5.78. The van der Waals surface area contributed by atoms with E-state index in [-0.39, 0.29) is 13.0 Å². The molecule has 0 aliphatic carbocycles. The van der Waals surface area contributed by atoms with Gasteiger partial charge in [0.1, 0.15) is 11.6 Å². The Kier molecular flexibility index (Phi) is 9.50. The van der Waals surface area contributed by atoms with Crippen LogP contribution in [0.15, 0.2) is 0 Å². The topological polar surface area (TPSA) is 153 Å². The number of carbonyl (C=O) groups is 4. The smallest absolute Gasteiger partial charge is 0.407 e. The van der Waals surface area contributed by atoms with Crippen molar-refractivity contribution in [3.63, 3.8) is 0 Å². The largest absolute Gasteiger partial charge is 0.480 e. The molecule has 0 unspecified atom stereocenters. The van der Waals surface area contributed by atoms with Crippen LogP contribution in [0.25, 0.3) is 0 Å². The number of ether oxygens (including phenoxy) is 1. The van der Waals surface area contributed by atoms with Crippen LogP contribution in [0.2, 0.25) is 0 Å². The molecule has 0 rings (SSSR count). The van der Waals surface area contributed by atoms with Crippen molar-refractivity contribution < 1.29 is 39.2 Å². The van der Waals surface area contributed by atoms with E-state index < -0.39 is 48.7 Å². The highest BCUT2D eigenvalue weighted by Gasteiger charge is 2.28. The maximum Gasteiger partial charge on any atom is 0.407 e. The highest BCUT2D eigenvalue weighted by atomic mass is 16.6. The molecule has 10 heteroatoms. The van der Waals surface area contributed by atoms with Crippen molar-refractivity contribution in [3.8, 4) is 0 Å². The first-order valence-electron chi connectivity index (χ1n) is 7.79. The second kappa shape index (κ2) is 10.5. The van der Waals surface area contributed by atoms with Crippen molar-refractivity contribution in [3.05, 3.63) is 0 Å². The number of nitrogens with zero attached hydrogens (tertiary/aromatic N) is 1. The lowest BCUT2D eigenvalue weighted by Crippen LogP contribution is -2.46.